The number of H-pyrrole nitrogens is 1. The van der Waals surface area contributed by atoms with Crippen molar-refractivity contribution in [3.05, 3.63) is 22.2 Å². The van der Waals surface area contributed by atoms with Crippen LogP contribution in [-0.4, -0.2) is 33.8 Å². The molecule has 1 aliphatic carbocycles. The fourth-order valence-corrected chi connectivity index (χ4v) is 2.00. The number of aromatic nitrogens is 2. The first-order valence-corrected chi connectivity index (χ1v) is 6.47. The van der Waals surface area contributed by atoms with E-state index in [1.807, 2.05) is 11.8 Å². The molecule has 5 nitrogen and oxygen atoms in total. The zero-order valence-electron chi connectivity index (χ0n) is 11.2. The Kier molecular flexibility index (Phi) is 3.43. The highest BCUT2D eigenvalue weighted by molar-refractivity contribution is 5.38. The molecule has 5 heteroatoms. The van der Waals surface area contributed by atoms with Crippen LogP contribution in [0.4, 0.5) is 5.82 Å². The molecule has 1 aliphatic rings. The number of hydrogen-bond acceptors (Lipinski definition) is 4. The molecule has 1 saturated carbocycles. The third kappa shape index (κ3) is 3.32. The normalized spacial score (nSPS) is 15.8. The molecule has 1 aromatic heterocycles. The van der Waals surface area contributed by atoms with E-state index in [0.717, 1.165) is 18.7 Å². The van der Waals surface area contributed by atoms with E-state index in [4.69, 9.17) is 0 Å². The maximum absolute atomic E-state index is 11.6. The van der Waals surface area contributed by atoms with Gasteiger partial charge in [-0.25, -0.2) is 4.98 Å². The number of aliphatic hydroxyl groups is 1. The lowest BCUT2D eigenvalue weighted by atomic mass is 10.1. The van der Waals surface area contributed by atoms with Crippen LogP contribution in [0.1, 0.15) is 45.4 Å². The smallest absolute Gasteiger partial charge is 0.252 e. The summed E-state index contributed by atoms with van der Waals surface area (Å²) in [6.45, 7) is 6.68. The van der Waals surface area contributed by atoms with E-state index < -0.39 is 5.60 Å². The minimum atomic E-state index is -0.806. The SMILES string of the molecule is CCN(CC(C)(C)O)c1cc(=O)[nH]c(C2CC2)n1. The topological polar surface area (TPSA) is 69.2 Å². The van der Waals surface area contributed by atoms with Crippen LogP contribution in [0.25, 0.3) is 0 Å². The lowest BCUT2D eigenvalue weighted by Gasteiger charge is -2.29. The van der Waals surface area contributed by atoms with Crippen molar-refractivity contribution in [2.45, 2.75) is 45.1 Å². The van der Waals surface area contributed by atoms with Crippen molar-refractivity contribution in [2.75, 3.05) is 18.0 Å². The molecule has 0 aliphatic heterocycles. The number of likely N-dealkylation sites (N-methyl/N-ethyl adjacent to an activating group) is 1. The van der Waals surface area contributed by atoms with Gasteiger partial charge in [0.2, 0.25) is 0 Å². The Labute approximate surface area is 107 Å². The van der Waals surface area contributed by atoms with Crippen LogP contribution in [0.2, 0.25) is 0 Å². The first-order valence-electron chi connectivity index (χ1n) is 6.47. The average molecular weight is 251 g/mol. The first-order chi connectivity index (χ1) is 8.39. The number of nitrogens with zero attached hydrogens (tertiary/aromatic N) is 2. The predicted molar refractivity (Wildman–Crippen MR) is 71.0 cm³/mol. The number of aromatic amines is 1. The van der Waals surface area contributed by atoms with Gasteiger partial charge in [-0.15, -0.1) is 0 Å². The van der Waals surface area contributed by atoms with Crippen LogP contribution >= 0.6 is 0 Å². The van der Waals surface area contributed by atoms with Crippen LogP contribution in [-0.2, 0) is 0 Å². The first kappa shape index (κ1) is 13.1. The van der Waals surface area contributed by atoms with Gasteiger partial charge < -0.3 is 15.0 Å². The molecule has 1 heterocycles. The van der Waals surface area contributed by atoms with Crippen LogP contribution < -0.4 is 10.5 Å². The van der Waals surface area contributed by atoms with Crippen molar-refractivity contribution in [3.8, 4) is 0 Å². The van der Waals surface area contributed by atoms with Gasteiger partial charge >= 0.3 is 0 Å². The summed E-state index contributed by atoms with van der Waals surface area (Å²) in [5.41, 5.74) is -0.920. The number of nitrogens with one attached hydrogen (secondary N) is 1. The van der Waals surface area contributed by atoms with Gasteiger partial charge in [0, 0.05) is 25.1 Å². The van der Waals surface area contributed by atoms with Gasteiger partial charge in [-0.05, 0) is 33.6 Å². The van der Waals surface area contributed by atoms with Crippen LogP contribution in [0.15, 0.2) is 10.9 Å². The van der Waals surface area contributed by atoms with Gasteiger partial charge in [-0.1, -0.05) is 0 Å². The lowest BCUT2D eigenvalue weighted by molar-refractivity contribution is 0.0874. The third-order valence-electron chi connectivity index (χ3n) is 2.99. The Morgan fingerprint density at radius 2 is 2.22 bits per heavy atom. The summed E-state index contributed by atoms with van der Waals surface area (Å²) in [5, 5.41) is 9.89. The number of hydrogen-bond donors (Lipinski definition) is 2. The van der Waals surface area contributed by atoms with E-state index in [0.29, 0.717) is 24.8 Å². The molecule has 2 rings (SSSR count). The maximum Gasteiger partial charge on any atom is 0.252 e. The second-order valence-electron chi connectivity index (χ2n) is 5.59. The minimum absolute atomic E-state index is 0.115. The summed E-state index contributed by atoms with van der Waals surface area (Å²) in [4.78, 5) is 20.9. The lowest BCUT2D eigenvalue weighted by Crippen LogP contribution is -2.39. The summed E-state index contributed by atoms with van der Waals surface area (Å²) in [7, 11) is 0. The molecule has 2 N–H and O–H groups in total. The molecule has 0 aromatic carbocycles. The van der Waals surface area contributed by atoms with Crippen molar-refractivity contribution in [2.24, 2.45) is 0 Å². The fourth-order valence-electron chi connectivity index (χ4n) is 2.00. The molecule has 0 saturated heterocycles. The molecular weight excluding hydrogens is 230 g/mol. The fraction of sp³-hybridized carbons (Fsp3) is 0.692. The highest BCUT2D eigenvalue weighted by Gasteiger charge is 2.27. The van der Waals surface area contributed by atoms with Gasteiger partial charge in [0.1, 0.15) is 11.6 Å². The van der Waals surface area contributed by atoms with E-state index in [1.165, 1.54) is 6.07 Å². The molecule has 0 atom stereocenters. The van der Waals surface area contributed by atoms with E-state index >= 15 is 0 Å². The Bertz CT molecular complexity index is 472. The van der Waals surface area contributed by atoms with Crippen LogP contribution in [0.3, 0.4) is 0 Å². The second-order valence-corrected chi connectivity index (χ2v) is 5.59. The largest absolute Gasteiger partial charge is 0.389 e. The minimum Gasteiger partial charge on any atom is -0.389 e. The number of anilines is 1. The predicted octanol–water partition coefficient (Wildman–Crippen LogP) is 1.24. The second kappa shape index (κ2) is 4.72. The third-order valence-corrected chi connectivity index (χ3v) is 2.99. The average Bonchev–Trinajstić information content (AvgIpc) is 3.07. The monoisotopic (exact) mass is 251 g/mol. The highest BCUT2D eigenvalue weighted by atomic mass is 16.3. The Hall–Kier alpha value is -1.36. The highest BCUT2D eigenvalue weighted by Crippen LogP contribution is 2.37. The van der Waals surface area contributed by atoms with E-state index in [9.17, 15) is 9.90 Å². The molecule has 0 bridgehead atoms. The summed E-state index contributed by atoms with van der Waals surface area (Å²) in [6, 6.07) is 1.50. The maximum atomic E-state index is 11.6. The van der Waals surface area contributed by atoms with Crippen molar-refractivity contribution < 1.29 is 5.11 Å². The summed E-state index contributed by atoms with van der Waals surface area (Å²) in [5.74, 6) is 1.86. The molecule has 0 spiro atoms. The molecule has 100 valence electrons. The molecule has 0 unspecified atom stereocenters. The van der Waals surface area contributed by atoms with Crippen molar-refractivity contribution in [1.29, 1.82) is 0 Å². The molecule has 0 amide bonds. The zero-order valence-corrected chi connectivity index (χ0v) is 11.2. The van der Waals surface area contributed by atoms with Crippen molar-refractivity contribution >= 4 is 5.82 Å². The van der Waals surface area contributed by atoms with Crippen LogP contribution in [0.5, 0.6) is 0 Å². The number of rotatable bonds is 5. The quantitative estimate of drug-likeness (QED) is 0.826. The summed E-state index contributed by atoms with van der Waals surface area (Å²) in [6.07, 6.45) is 2.20. The Morgan fingerprint density at radius 1 is 1.56 bits per heavy atom. The summed E-state index contributed by atoms with van der Waals surface area (Å²) >= 11 is 0. The molecule has 1 aromatic rings. The van der Waals surface area contributed by atoms with E-state index in [2.05, 4.69) is 9.97 Å². The van der Waals surface area contributed by atoms with Crippen LogP contribution in [0, 0.1) is 0 Å². The van der Waals surface area contributed by atoms with Gasteiger partial charge in [0.05, 0.1) is 5.60 Å². The Morgan fingerprint density at radius 3 is 2.72 bits per heavy atom. The van der Waals surface area contributed by atoms with E-state index in [1.54, 1.807) is 13.8 Å². The molecule has 1 fully saturated rings. The molecule has 0 radical (unpaired) electrons. The van der Waals surface area contributed by atoms with Crippen molar-refractivity contribution in [3.63, 3.8) is 0 Å². The summed E-state index contributed by atoms with van der Waals surface area (Å²) < 4.78 is 0. The van der Waals surface area contributed by atoms with Gasteiger partial charge in [-0.3, -0.25) is 4.79 Å². The zero-order chi connectivity index (χ0) is 13.3. The Balaban J connectivity index is 2.27. The van der Waals surface area contributed by atoms with Gasteiger partial charge in [0.15, 0.2) is 0 Å². The van der Waals surface area contributed by atoms with E-state index in [-0.39, 0.29) is 5.56 Å². The van der Waals surface area contributed by atoms with Gasteiger partial charge in [-0.2, -0.15) is 0 Å². The van der Waals surface area contributed by atoms with Gasteiger partial charge in [0.25, 0.3) is 5.56 Å². The molecular formula is C13H21N3O2. The standard InChI is InChI=1S/C13H21N3O2/c1-4-16(8-13(2,3)18)10-7-11(17)15-12(14-10)9-5-6-9/h7,9,18H,4-6,8H2,1-3H3,(H,14,15,17). The van der Waals surface area contributed by atoms with Crippen molar-refractivity contribution in [1.82, 2.24) is 9.97 Å². The molecule has 18 heavy (non-hydrogen) atoms.